The average molecular weight is 406 g/mol. The number of thioether (sulfide) groups is 1. The maximum Gasteiger partial charge on any atom is 0.286 e. The maximum atomic E-state index is 12.9. The van der Waals surface area contributed by atoms with E-state index >= 15 is 0 Å². The number of aromatic nitrogens is 2. The zero-order valence-corrected chi connectivity index (χ0v) is 15.6. The number of anilines is 1. The molecule has 0 aliphatic carbocycles. The van der Waals surface area contributed by atoms with Crippen LogP contribution < -0.4 is 10.6 Å². The first-order valence-electron chi connectivity index (χ1n) is 7.92. The number of nitrogens with one attached hydrogen (secondary N) is 2. The second kappa shape index (κ2) is 9.28. The number of carbonyl (C=O) groups excluding carboxylic acids is 2. The Hall–Kier alpha value is -2.72. The summed E-state index contributed by atoms with van der Waals surface area (Å²) in [7, 11) is 0. The van der Waals surface area contributed by atoms with Crippen molar-refractivity contribution < 1.29 is 18.4 Å². The summed E-state index contributed by atoms with van der Waals surface area (Å²) >= 11 is 2.29. The molecule has 0 fully saturated rings. The summed E-state index contributed by atoms with van der Waals surface area (Å²) in [4.78, 5) is 23.9. The number of nitrogens with zero attached hydrogens (tertiary/aromatic N) is 2. The number of carbonyl (C=O) groups is 2. The molecule has 7 nitrogen and oxygen atoms in total. The highest BCUT2D eigenvalue weighted by Crippen LogP contribution is 2.23. The van der Waals surface area contributed by atoms with Gasteiger partial charge in [-0.25, -0.2) is 4.39 Å². The fourth-order valence-electron chi connectivity index (χ4n) is 2.04. The van der Waals surface area contributed by atoms with E-state index in [9.17, 15) is 14.0 Å². The molecule has 1 aromatic carbocycles. The number of halogens is 1. The molecular weight excluding hydrogens is 391 g/mol. The number of amides is 2. The van der Waals surface area contributed by atoms with Gasteiger partial charge in [-0.2, -0.15) is 0 Å². The molecule has 0 saturated carbocycles. The van der Waals surface area contributed by atoms with Gasteiger partial charge in [0.25, 0.3) is 5.91 Å². The van der Waals surface area contributed by atoms with E-state index in [1.54, 1.807) is 12.3 Å². The van der Waals surface area contributed by atoms with Gasteiger partial charge in [-0.05, 0) is 36.4 Å². The largest absolute Gasteiger partial charge is 0.469 e. The van der Waals surface area contributed by atoms with E-state index < -0.39 is 5.91 Å². The second-order valence-corrected chi connectivity index (χ2v) is 7.50. The molecule has 10 heteroatoms. The quantitative estimate of drug-likeness (QED) is 0.558. The molecule has 0 aliphatic rings. The highest BCUT2D eigenvalue weighted by Gasteiger charge is 2.14. The molecule has 0 atom stereocenters. The molecule has 140 valence electrons. The van der Waals surface area contributed by atoms with Gasteiger partial charge in [-0.3, -0.25) is 9.59 Å². The highest BCUT2D eigenvalue weighted by molar-refractivity contribution is 8.01. The molecule has 0 radical (unpaired) electrons. The number of hydrogen-bond acceptors (Lipinski definition) is 7. The minimum atomic E-state index is -0.436. The van der Waals surface area contributed by atoms with Crippen LogP contribution in [0.2, 0.25) is 0 Å². The average Bonchev–Trinajstić information content (AvgIpc) is 3.34. The highest BCUT2D eigenvalue weighted by atomic mass is 32.2. The molecule has 3 aromatic rings. The van der Waals surface area contributed by atoms with Gasteiger partial charge in [-0.1, -0.05) is 23.1 Å². The van der Waals surface area contributed by atoms with Crippen molar-refractivity contribution in [3.05, 3.63) is 59.2 Å². The van der Waals surface area contributed by atoms with E-state index in [2.05, 4.69) is 20.8 Å². The Bertz CT molecular complexity index is 897. The summed E-state index contributed by atoms with van der Waals surface area (Å²) in [5, 5.41) is 13.3. The van der Waals surface area contributed by atoms with E-state index in [1.807, 2.05) is 6.07 Å². The van der Waals surface area contributed by atoms with Crippen LogP contribution in [0.25, 0.3) is 0 Å². The first kappa shape index (κ1) is 19.1. The summed E-state index contributed by atoms with van der Waals surface area (Å²) in [5.74, 6) is 0.0219. The standard InChI is InChI=1S/C17H15FN4O3S2/c18-11-3-5-12(6-4-11)20-15(24)16-21-22-17(27-16)26-10-14(23)19-8-7-13-2-1-9-25-13/h1-6,9H,7-8,10H2,(H,19,23)(H,20,24). The van der Waals surface area contributed by atoms with Crippen LogP contribution in [0.4, 0.5) is 10.1 Å². The van der Waals surface area contributed by atoms with Crippen LogP contribution in [0, 0.1) is 5.82 Å². The van der Waals surface area contributed by atoms with Gasteiger partial charge in [0.2, 0.25) is 10.9 Å². The van der Waals surface area contributed by atoms with Crippen LogP contribution >= 0.6 is 23.1 Å². The summed E-state index contributed by atoms with van der Waals surface area (Å²) in [5.41, 5.74) is 0.460. The third-order valence-electron chi connectivity index (χ3n) is 3.30. The lowest BCUT2D eigenvalue weighted by atomic mass is 10.3. The third kappa shape index (κ3) is 5.90. The monoisotopic (exact) mass is 406 g/mol. The van der Waals surface area contributed by atoms with Crippen molar-refractivity contribution >= 4 is 40.6 Å². The van der Waals surface area contributed by atoms with Gasteiger partial charge in [-0.15, -0.1) is 10.2 Å². The Morgan fingerprint density at radius 1 is 1.19 bits per heavy atom. The van der Waals surface area contributed by atoms with Crippen LogP contribution in [-0.2, 0) is 11.2 Å². The van der Waals surface area contributed by atoms with Crippen molar-refractivity contribution in [3.63, 3.8) is 0 Å². The molecule has 0 saturated heterocycles. The first-order valence-corrected chi connectivity index (χ1v) is 9.72. The lowest BCUT2D eigenvalue weighted by Gasteiger charge is -2.02. The Morgan fingerprint density at radius 2 is 2.00 bits per heavy atom. The second-order valence-electron chi connectivity index (χ2n) is 5.30. The van der Waals surface area contributed by atoms with Crippen LogP contribution in [0.5, 0.6) is 0 Å². The van der Waals surface area contributed by atoms with E-state index in [0.29, 0.717) is 23.0 Å². The van der Waals surface area contributed by atoms with Gasteiger partial charge in [0.15, 0.2) is 4.34 Å². The molecule has 0 aliphatic heterocycles. The minimum absolute atomic E-state index is 0.140. The van der Waals surface area contributed by atoms with Crippen molar-refractivity contribution in [2.45, 2.75) is 10.8 Å². The topological polar surface area (TPSA) is 97.1 Å². The van der Waals surface area contributed by atoms with Crippen molar-refractivity contribution in [1.82, 2.24) is 15.5 Å². The summed E-state index contributed by atoms with van der Waals surface area (Å²) in [6.45, 7) is 0.481. The van der Waals surface area contributed by atoms with Crippen LogP contribution in [0.1, 0.15) is 15.6 Å². The third-order valence-corrected chi connectivity index (χ3v) is 5.36. The van der Waals surface area contributed by atoms with Gasteiger partial charge in [0, 0.05) is 18.7 Å². The molecule has 2 heterocycles. The Balaban J connectivity index is 1.42. The Kier molecular flexibility index (Phi) is 6.55. The van der Waals surface area contributed by atoms with Gasteiger partial charge in [0.05, 0.1) is 12.0 Å². The lowest BCUT2D eigenvalue weighted by Crippen LogP contribution is -2.27. The van der Waals surface area contributed by atoms with E-state index in [-0.39, 0.29) is 22.5 Å². The van der Waals surface area contributed by atoms with Crippen LogP contribution in [-0.4, -0.2) is 34.3 Å². The zero-order valence-electron chi connectivity index (χ0n) is 14.0. The van der Waals surface area contributed by atoms with Crippen LogP contribution in [0.15, 0.2) is 51.4 Å². The van der Waals surface area contributed by atoms with Gasteiger partial charge < -0.3 is 15.1 Å². The van der Waals surface area contributed by atoms with Gasteiger partial charge in [0.1, 0.15) is 11.6 Å². The Morgan fingerprint density at radius 3 is 2.74 bits per heavy atom. The molecule has 0 bridgehead atoms. The normalized spacial score (nSPS) is 10.6. The summed E-state index contributed by atoms with van der Waals surface area (Å²) in [6, 6.07) is 9.06. The first-order chi connectivity index (χ1) is 13.1. The number of rotatable bonds is 8. The van der Waals surface area contributed by atoms with E-state index in [0.717, 1.165) is 17.1 Å². The molecular formula is C17H15FN4O3S2. The predicted octanol–water partition coefficient (Wildman–Crippen LogP) is 2.97. The van der Waals surface area contributed by atoms with Gasteiger partial charge >= 0.3 is 0 Å². The molecule has 0 spiro atoms. The molecule has 2 amide bonds. The van der Waals surface area contributed by atoms with Crippen molar-refractivity contribution in [2.24, 2.45) is 0 Å². The number of hydrogen-bond donors (Lipinski definition) is 2. The van der Waals surface area contributed by atoms with Crippen molar-refractivity contribution in [2.75, 3.05) is 17.6 Å². The fourth-order valence-corrected chi connectivity index (χ4v) is 3.61. The smallest absolute Gasteiger partial charge is 0.286 e. The molecule has 0 unspecified atom stereocenters. The Labute approximate surface area is 162 Å². The fraction of sp³-hybridized carbons (Fsp3) is 0.176. The van der Waals surface area contributed by atoms with Crippen molar-refractivity contribution in [1.29, 1.82) is 0 Å². The number of furan rings is 1. The number of benzene rings is 1. The van der Waals surface area contributed by atoms with E-state index in [1.165, 1.54) is 36.0 Å². The SMILES string of the molecule is O=C(CSc1nnc(C(=O)Nc2ccc(F)cc2)s1)NCCc1ccco1. The minimum Gasteiger partial charge on any atom is -0.469 e. The molecule has 3 rings (SSSR count). The predicted molar refractivity (Wildman–Crippen MR) is 100 cm³/mol. The van der Waals surface area contributed by atoms with Crippen molar-refractivity contribution in [3.8, 4) is 0 Å². The maximum absolute atomic E-state index is 12.9. The lowest BCUT2D eigenvalue weighted by molar-refractivity contribution is -0.118. The molecule has 2 N–H and O–H groups in total. The molecule has 27 heavy (non-hydrogen) atoms. The summed E-state index contributed by atoms with van der Waals surface area (Å²) < 4.78 is 18.6. The van der Waals surface area contributed by atoms with Crippen LogP contribution in [0.3, 0.4) is 0 Å². The molecule has 2 aromatic heterocycles. The van der Waals surface area contributed by atoms with E-state index in [4.69, 9.17) is 4.42 Å². The zero-order chi connectivity index (χ0) is 19.1. The summed E-state index contributed by atoms with van der Waals surface area (Å²) in [6.07, 6.45) is 2.21.